The van der Waals surface area contributed by atoms with E-state index in [1.165, 1.54) is 23.3 Å². The average Bonchev–Trinajstić information content (AvgIpc) is 2.89. The van der Waals surface area contributed by atoms with Crippen LogP contribution in [-0.2, 0) is 6.42 Å². The van der Waals surface area contributed by atoms with Crippen molar-refractivity contribution in [1.29, 1.82) is 0 Å². The molecule has 0 bridgehead atoms. The number of benzene rings is 3. The molecule has 1 aromatic heterocycles. The van der Waals surface area contributed by atoms with Gasteiger partial charge < -0.3 is 31.1 Å². The Morgan fingerprint density at radius 1 is 0.914 bits per heavy atom. The van der Waals surface area contributed by atoms with Gasteiger partial charge in [0.2, 0.25) is 5.56 Å². The van der Waals surface area contributed by atoms with E-state index >= 15 is 0 Å². The molecule has 7 nitrogen and oxygen atoms in total. The first-order valence-electron chi connectivity index (χ1n) is 11.8. The van der Waals surface area contributed by atoms with Crippen LogP contribution in [-0.4, -0.2) is 41.9 Å². The van der Waals surface area contributed by atoms with Crippen molar-refractivity contribution >= 4 is 16.6 Å². The lowest BCUT2D eigenvalue weighted by atomic mass is 10.0. The summed E-state index contributed by atoms with van der Waals surface area (Å²) in [5.41, 5.74) is 4.24. The first-order chi connectivity index (χ1) is 17.0. The second-order valence-electron chi connectivity index (χ2n) is 8.58. The van der Waals surface area contributed by atoms with Crippen LogP contribution in [0, 0.1) is 0 Å². The number of aromatic nitrogens is 1. The van der Waals surface area contributed by atoms with Crippen molar-refractivity contribution in [2.24, 2.45) is 0 Å². The van der Waals surface area contributed by atoms with Crippen LogP contribution >= 0.6 is 0 Å². The number of likely N-dealkylation sites (N-methyl/N-ethyl adjacent to an activating group) is 1. The van der Waals surface area contributed by atoms with Gasteiger partial charge in [0.25, 0.3) is 0 Å². The van der Waals surface area contributed by atoms with Crippen LogP contribution < -0.4 is 21.5 Å². The number of aromatic amines is 1. The minimum Gasteiger partial charge on any atom is -0.506 e. The molecule has 0 aliphatic carbocycles. The number of aliphatic hydroxyl groups excluding tert-OH is 1. The van der Waals surface area contributed by atoms with Crippen molar-refractivity contribution < 1.29 is 10.2 Å². The van der Waals surface area contributed by atoms with Gasteiger partial charge in [-0.1, -0.05) is 48.5 Å². The molecule has 4 aromatic rings. The molecule has 0 unspecified atom stereocenters. The van der Waals surface area contributed by atoms with Crippen molar-refractivity contribution in [1.82, 2.24) is 15.6 Å². The summed E-state index contributed by atoms with van der Waals surface area (Å²) in [4.78, 5) is 14.2. The van der Waals surface area contributed by atoms with Crippen LogP contribution in [0.25, 0.3) is 10.9 Å². The number of hydrogen-bond acceptors (Lipinski definition) is 6. The molecule has 35 heavy (non-hydrogen) atoms. The fourth-order valence-corrected chi connectivity index (χ4v) is 4.21. The Morgan fingerprint density at radius 3 is 2.43 bits per heavy atom. The molecule has 2 atom stereocenters. The molecule has 0 radical (unpaired) electrons. The van der Waals surface area contributed by atoms with Crippen LogP contribution in [0.1, 0.15) is 28.8 Å². The Bertz CT molecular complexity index is 1290. The minimum atomic E-state index is -0.764. The number of fused-ring (bicyclic) bond motifs is 1. The van der Waals surface area contributed by atoms with Gasteiger partial charge in [-0.2, -0.15) is 0 Å². The van der Waals surface area contributed by atoms with Crippen LogP contribution in [0.3, 0.4) is 0 Å². The molecular weight excluding hydrogens is 440 g/mol. The van der Waals surface area contributed by atoms with Gasteiger partial charge in [-0.15, -0.1) is 0 Å². The number of phenols is 1. The quantitative estimate of drug-likeness (QED) is 0.187. The molecule has 4 rings (SSSR count). The second-order valence-corrected chi connectivity index (χ2v) is 8.58. The molecular formula is C28H32N4O3. The highest BCUT2D eigenvalue weighted by molar-refractivity contribution is 5.87. The van der Waals surface area contributed by atoms with E-state index in [0.29, 0.717) is 29.6 Å². The lowest BCUT2D eigenvalue weighted by Crippen LogP contribution is -2.24. The summed E-state index contributed by atoms with van der Waals surface area (Å²) >= 11 is 0. The van der Waals surface area contributed by atoms with Crippen molar-refractivity contribution in [3.63, 3.8) is 0 Å². The van der Waals surface area contributed by atoms with Crippen LogP contribution in [0.4, 0.5) is 5.69 Å². The number of aliphatic hydroxyl groups is 1. The summed E-state index contributed by atoms with van der Waals surface area (Å²) in [6.07, 6.45) is 0.0695. The molecule has 182 valence electrons. The van der Waals surface area contributed by atoms with Crippen molar-refractivity contribution in [2.45, 2.75) is 18.6 Å². The number of hydrogen-bond donors (Lipinski definition) is 6. The first-order valence-corrected chi connectivity index (χ1v) is 11.8. The van der Waals surface area contributed by atoms with E-state index in [1.54, 1.807) is 12.1 Å². The molecule has 0 aliphatic rings. The van der Waals surface area contributed by atoms with E-state index in [9.17, 15) is 15.0 Å². The Morgan fingerprint density at radius 2 is 1.69 bits per heavy atom. The number of H-pyrrole nitrogens is 1. The summed E-state index contributed by atoms with van der Waals surface area (Å²) in [5, 5.41) is 31.5. The predicted molar refractivity (Wildman–Crippen MR) is 141 cm³/mol. The monoisotopic (exact) mass is 472 g/mol. The van der Waals surface area contributed by atoms with Crippen molar-refractivity contribution in [2.75, 3.05) is 32.0 Å². The number of rotatable bonds is 11. The molecule has 3 aromatic carbocycles. The topological polar surface area (TPSA) is 109 Å². The third kappa shape index (κ3) is 6.27. The van der Waals surface area contributed by atoms with Gasteiger partial charge >= 0.3 is 0 Å². The number of nitrogens with one attached hydrogen (secondary N) is 4. The third-order valence-electron chi connectivity index (χ3n) is 6.21. The fraction of sp³-hybridized carbons (Fsp3) is 0.250. The van der Waals surface area contributed by atoms with Crippen LogP contribution in [0.2, 0.25) is 0 Å². The maximum Gasteiger partial charge on any atom is 0.248 e. The van der Waals surface area contributed by atoms with Gasteiger partial charge in [0.05, 0.1) is 11.6 Å². The standard InChI is InChI=1S/C28H32N4O3/c1-29-24(20-5-3-2-4-6-20)17-31-21-9-7-19(8-10-21)15-16-30-18-26(34)22-11-13-25(33)28-23(22)12-14-27(35)32-28/h2-14,24,26,29-31,33-34H,15-18H2,1H3,(H,32,35)/t24-,26+/m1/s1. The van der Waals surface area contributed by atoms with Gasteiger partial charge in [-0.25, -0.2) is 0 Å². The van der Waals surface area contributed by atoms with Crippen molar-refractivity contribution in [3.05, 3.63) is 106 Å². The van der Waals surface area contributed by atoms with E-state index in [0.717, 1.165) is 18.7 Å². The zero-order valence-electron chi connectivity index (χ0n) is 19.8. The number of pyridine rings is 1. The Kier molecular flexibility index (Phi) is 8.15. The lowest BCUT2D eigenvalue weighted by molar-refractivity contribution is 0.176. The third-order valence-corrected chi connectivity index (χ3v) is 6.21. The maximum atomic E-state index is 11.6. The molecule has 7 heteroatoms. The highest BCUT2D eigenvalue weighted by Crippen LogP contribution is 2.28. The number of anilines is 1. The summed E-state index contributed by atoms with van der Waals surface area (Å²) < 4.78 is 0. The number of phenolic OH excluding ortho intramolecular Hbond substituents is 1. The highest BCUT2D eigenvalue weighted by atomic mass is 16.3. The van der Waals surface area contributed by atoms with Gasteiger partial charge in [0.1, 0.15) is 5.75 Å². The van der Waals surface area contributed by atoms with Crippen molar-refractivity contribution in [3.8, 4) is 5.75 Å². The Labute approximate surface area is 204 Å². The summed E-state index contributed by atoms with van der Waals surface area (Å²) in [5.74, 6) is -0.0129. The summed E-state index contributed by atoms with van der Waals surface area (Å²) in [6, 6.07) is 25.2. The molecule has 1 heterocycles. The fourth-order valence-electron chi connectivity index (χ4n) is 4.21. The van der Waals surface area contributed by atoms with E-state index in [1.807, 2.05) is 13.1 Å². The van der Waals surface area contributed by atoms with E-state index in [4.69, 9.17) is 0 Å². The first kappa shape index (κ1) is 24.5. The SMILES string of the molecule is CN[C@H](CNc1ccc(CCNC[C@H](O)c2ccc(O)c3[nH]c(=O)ccc23)cc1)c1ccccc1. The molecule has 0 spiro atoms. The average molecular weight is 473 g/mol. The molecule has 0 saturated heterocycles. The van der Waals surface area contributed by atoms with Gasteiger partial charge in [-0.3, -0.25) is 4.79 Å². The summed E-state index contributed by atoms with van der Waals surface area (Å²) in [7, 11) is 1.97. The van der Waals surface area contributed by atoms with E-state index < -0.39 is 6.10 Å². The second kappa shape index (κ2) is 11.7. The van der Waals surface area contributed by atoms with E-state index in [2.05, 4.69) is 69.5 Å². The Hall–Kier alpha value is -3.65. The number of aromatic hydroxyl groups is 1. The zero-order chi connectivity index (χ0) is 24.6. The summed E-state index contributed by atoms with van der Waals surface area (Å²) in [6.45, 7) is 1.87. The van der Waals surface area contributed by atoms with Gasteiger partial charge in [-0.05, 0) is 61.0 Å². The van der Waals surface area contributed by atoms with Gasteiger partial charge in [0.15, 0.2) is 0 Å². The molecule has 0 saturated carbocycles. The predicted octanol–water partition coefficient (Wildman–Crippen LogP) is 3.47. The highest BCUT2D eigenvalue weighted by Gasteiger charge is 2.14. The normalized spacial score (nSPS) is 13.0. The molecule has 0 amide bonds. The molecule has 0 fully saturated rings. The molecule has 6 N–H and O–H groups in total. The minimum absolute atomic E-state index is 0.0129. The zero-order valence-corrected chi connectivity index (χ0v) is 19.8. The van der Waals surface area contributed by atoms with Gasteiger partial charge in [0, 0.05) is 36.3 Å². The Balaban J connectivity index is 1.25. The smallest absolute Gasteiger partial charge is 0.248 e. The van der Waals surface area contributed by atoms with E-state index in [-0.39, 0.29) is 17.4 Å². The van der Waals surface area contributed by atoms with Crippen LogP contribution in [0.5, 0.6) is 5.75 Å². The molecule has 0 aliphatic heterocycles. The van der Waals surface area contributed by atoms with Crippen LogP contribution in [0.15, 0.2) is 83.7 Å². The maximum absolute atomic E-state index is 11.6. The largest absolute Gasteiger partial charge is 0.506 e. The lowest BCUT2D eigenvalue weighted by Gasteiger charge is -2.18.